The zero-order chi connectivity index (χ0) is 38.9. The number of ether oxygens (including phenoxy) is 2. The normalized spacial score (nSPS) is 13.2. The first-order valence-electron chi connectivity index (χ1n) is 22.5. The molecule has 0 fully saturated rings. The van der Waals surface area contributed by atoms with Crippen LogP contribution in [-0.2, 0) is 32.7 Å². The lowest BCUT2D eigenvalue weighted by molar-refractivity contribution is -0.161. The summed E-state index contributed by atoms with van der Waals surface area (Å²) >= 11 is 0. The SMILES string of the molecule is CCCCCCCCCCCCCCCCCCCCCCCCC(=O)O[C@H](COC(=O)CCCCCCCCCCCC)COP(=O)(O)OCCN. The Morgan fingerprint density at radius 2 is 0.811 bits per heavy atom. The maximum absolute atomic E-state index is 12.6. The summed E-state index contributed by atoms with van der Waals surface area (Å²) in [6, 6.07) is 0. The van der Waals surface area contributed by atoms with Gasteiger partial charge in [-0.15, -0.1) is 0 Å². The molecule has 2 atom stereocenters. The number of rotatable bonds is 43. The topological polar surface area (TPSA) is 134 Å². The fourth-order valence-electron chi connectivity index (χ4n) is 6.64. The number of unbranched alkanes of at least 4 members (excludes halogenated alkanes) is 30. The lowest BCUT2D eigenvalue weighted by Gasteiger charge is -2.19. The van der Waals surface area contributed by atoms with Gasteiger partial charge >= 0.3 is 19.8 Å². The highest BCUT2D eigenvalue weighted by Crippen LogP contribution is 2.43. The van der Waals surface area contributed by atoms with E-state index in [-0.39, 0.29) is 38.6 Å². The molecule has 0 aromatic carbocycles. The van der Waals surface area contributed by atoms with Crippen molar-refractivity contribution >= 4 is 19.8 Å². The van der Waals surface area contributed by atoms with Crippen molar-refractivity contribution in [1.82, 2.24) is 0 Å². The second-order valence-corrected chi connectivity index (χ2v) is 16.7. The van der Waals surface area contributed by atoms with Crippen LogP contribution in [0.25, 0.3) is 0 Å². The Labute approximate surface area is 327 Å². The summed E-state index contributed by atoms with van der Waals surface area (Å²) in [5, 5.41) is 0. The Hall–Kier alpha value is -0.990. The van der Waals surface area contributed by atoms with Crippen LogP contribution < -0.4 is 5.73 Å². The molecule has 0 radical (unpaired) electrons. The number of phosphoric acid groups is 1. The third-order valence-corrected chi connectivity index (χ3v) is 11.0. The zero-order valence-corrected chi connectivity index (χ0v) is 35.7. The molecular weight excluding hydrogens is 689 g/mol. The van der Waals surface area contributed by atoms with Crippen LogP contribution in [0.4, 0.5) is 0 Å². The molecule has 0 heterocycles. The van der Waals surface area contributed by atoms with E-state index in [0.717, 1.165) is 32.1 Å². The lowest BCUT2D eigenvalue weighted by Crippen LogP contribution is -2.29. The van der Waals surface area contributed by atoms with Crippen LogP contribution in [0.2, 0.25) is 0 Å². The number of nitrogens with two attached hydrogens (primary N) is 1. The molecule has 0 saturated heterocycles. The van der Waals surface area contributed by atoms with Gasteiger partial charge in [0.25, 0.3) is 0 Å². The molecule has 0 aromatic rings. The van der Waals surface area contributed by atoms with Crippen LogP contribution in [-0.4, -0.2) is 49.3 Å². The van der Waals surface area contributed by atoms with Crippen LogP contribution in [0.5, 0.6) is 0 Å². The van der Waals surface area contributed by atoms with Crippen molar-refractivity contribution < 1.29 is 37.6 Å². The molecule has 0 aliphatic heterocycles. The number of carbonyl (C=O) groups excluding carboxylic acids is 2. The first kappa shape index (κ1) is 52.0. The van der Waals surface area contributed by atoms with Crippen molar-refractivity contribution in [2.24, 2.45) is 5.73 Å². The highest BCUT2D eigenvalue weighted by Gasteiger charge is 2.26. The average Bonchev–Trinajstić information content (AvgIpc) is 3.14. The van der Waals surface area contributed by atoms with Crippen molar-refractivity contribution in [2.75, 3.05) is 26.4 Å². The molecule has 10 heteroatoms. The summed E-state index contributed by atoms with van der Waals surface area (Å²) in [5.74, 6) is -0.815. The number of carbonyl (C=O) groups is 2. The Morgan fingerprint density at radius 1 is 0.491 bits per heavy atom. The summed E-state index contributed by atoms with van der Waals surface area (Å²) < 4.78 is 32.7. The molecule has 0 aliphatic carbocycles. The predicted molar refractivity (Wildman–Crippen MR) is 220 cm³/mol. The van der Waals surface area contributed by atoms with Gasteiger partial charge in [0.1, 0.15) is 6.61 Å². The molecule has 1 unspecified atom stereocenters. The van der Waals surface area contributed by atoms with E-state index >= 15 is 0 Å². The monoisotopic (exact) mass is 776 g/mol. The highest BCUT2D eigenvalue weighted by molar-refractivity contribution is 7.47. The van der Waals surface area contributed by atoms with Gasteiger partial charge in [-0.05, 0) is 12.8 Å². The summed E-state index contributed by atoms with van der Waals surface area (Å²) in [7, 11) is -4.37. The standard InChI is InChI=1S/C43H86NO8P/c1-3-5-7-9-11-13-15-16-17-18-19-20-21-22-23-24-25-26-28-30-32-34-36-43(46)52-41(40-51-53(47,48)50-38-37-44)39-49-42(45)35-33-31-29-27-14-12-10-8-6-4-2/h41H,3-40,44H2,1-2H3,(H,47,48)/t41-/m1/s1. The number of esters is 2. The van der Waals surface area contributed by atoms with Crippen molar-refractivity contribution in [3.05, 3.63) is 0 Å². The van der Waals surface area contributed by atoms with Crippen molar-refractivity contribution in [3.63, 3.8) is 0 Å². The van der Waals surface area contributed by atoms with Crippen LogP contribution >= 0.6 is 7.82 Å². The van der Waals surface area contributed by atoms with Gasteiger partial charge in [-0.2, -0.15) is 0 Å². The summed E-state index contributed by atoms with van der Waals surface area (Å²) in [4.78, 5) is 34.8. The molecule has 0 spiro atoms. The first-order chi connectivity index (χ1) is 25.8. The summed E-state index contributed by atoms with van der Waals surface area (Å²) in [6.45, 7) is 3.76. The number of phosphoric ester groups is 1. The van der Waals surface area contributed by atoms with Crippen molar-refractivity contribution in [1.29, 1.82) is 0 Å². The molecule has 316 valence electrons. The third kappa shape index (κ3) is 40.5. The molecular formula is C43H86NO8P. The Bertz CT molecular complexity index is 845. The van der Waals surface area contributed by atoms with Gasteiger partial charge in [0, 0.05) is 19.4 Å². The van der Waals surface area contributed by atoms with E-state index in [0.29, 0.717) is 6.42 Å². The Balaban J connectivity index is 3.98. The Kier molecular flexibility index (Phi) is 39.9. The van der Waals surface area contributed by atoms with Gasteiger partial charge in [0.2, 0.25) is 0 Å². The van der Waals surface area contributed by atoms with Gasteiger partial charge in [-0.1, -0.05) is 206 Å². The van der Waals surface area contributed by atoms with E-state index in [4.69, 9.17) is 24.3 Å². The molecule has 0 rings (SSSR count). The second kappa shape index (κ2) is 40.7. The van der Waals surface area contributed by atoms with Crippen LogP contribution in [0, 0.1) is 0 Å². The number of hydrogen-bond acceptors (Lipinski definition) is 8. The van der Waals surface area contributed by atoms with E-state index in [9.17, 15) is 19.0 Å². The molecule has 9 nitrogen and oxygen atoms in total. The smallest absolute Gasteiger partial charge is 0.462 e. The van der Waals surface area contributed by atoms with Gasteiger partial charge in [-0.25, -0.2) is 4.57 Å². The molecule has 0 aromatic heterocycles. The molecule has 0 saturated carbocycles. The van der Waals surface area contributed by atoms with E-state index < -0.39 is 26.5 Å². The minimum Gasteiger partial charge on any atom is -0.462 e. The van der Waals surface area contributed by atoms with Gasteiger partial charge in [0.05, 0.1) is 13.2 Å². The van der Waals surface area contributed by atoms with E-state index in [1.165, 1.54) is 167 Å². The van der Waals surface area contributed by atoms with Crippen LogP contribution in [0.3, 0.4) is 0 Å². The van der Waals surface area contributed by atoms with Gasteiger partial charge < -0.3 is 20.1 Å². The van der Waals surface area contributed by atoms with Crippen molar-refractivity contribution in [2.45, 2.75) is 238 Å². The Morgan fingerprint density at radius 3 is 1.15 bits per heavy atom. The van der Waals surface area contributed by atoms with Gasteiger partial charge in [-0.3, -0.25) is 18.6 Å². The van der Waals surface area contributed by atoms with Crippen molar-refractivity contribution in [3.8, 4) is 0 Å². The fourth-order valence-corrected chi connectivity index (χ4v) is 7.40. The van der Waals surface area contributed by atoms with E-state index in [1.54, 1.807) is 0 Å². The highest BCUT2D eigenvalue weighted by atomic mass is 31.2. The van der Waals surface area contributed by atoms with E-state index in [2.05, 4.69) is 13.8 Å². The minimum absolute atomic E-state index is 0.0580. The molecule has 53 heavy (non-hydrogen) atoms. The van der Waals surface area contributed by atoms with Crippen LogP contribution in [0.1, 0.15) is 232 Å². The fraction of sp³-hybridized carbons (Fsp3) is 0.953. The van der Waals surface area contributed by atoms with Gasteiger partial charge in [0.15, 0.2) is 6.10 Å². The quantitative estimate of drug-likeness (QED) is 0.0352. The molecule has 3 N–H and O–H groups in total. The van der Waals surface area contributed by atoms with Crippen LogP contribution in [0.15, 0.2) is 0 Å². The largest absolute Gasteiger partial charge is 0.472 e. The lowest BCUT2D eigenvalue weighted by atomic mass is 10.0. The maximum Gasteiger partial charge on any atom is 0.472 e. The number of hydrogen-bond donors (Lipinski definition) is 2. The minimum atomic E-state index is -4.37. The second-order valence-electron chi connectivity index (χ2n) is 15.3. The summed E-state index contributed by atoms with van der Waals surface area (Å²) in [6.07, 6.45) is 40.0. The first-order valence-corrected chi connectivity index (χ1v) is 24.0. The molecule has 0 amide bonds. The van der Waals surface area contributed by atoms with E-state index in [1.807, 2.05) is 0 Å². The maximum atomic E-state index is 12.6. The molecule has 0 aliphatic rings. The third-order valence-electron chi connectivity index (χ3n) is 9.99. The zero-order valence-electron chi connectivity index (χ0n) is 34.8. The summed E-state index contributed by atoms with van der Waals surface area (Å²) in [5.41, 5.74) is 5.34. The predicted octanol–water partition coefficient (Wildman–Crippen LogP) is 12.8. The molecule has 0 bridgehead atoms. The average molecular weight is 776 g/mol.